The lowest BCUT2D eigenvalue weighted by Gasteiger charge is -2.25. The summed E-state index contributed by atoms with van der Waals surface area (Å²) in [5, 5.41) is 1.05. The van der Waals surface area contributed by atoms with Crippen molar-refractivity contribution < 1.29 is 13.9 Å². The summed E-state index contributed by atoms with van der Waals surface area (Å²) in [6, 6.07) is 6.42. The lowest BCUT2D eigenvalue weighted by Crippen LogP contribution is -2.33. The molecular weight excluding hydrogens is 462 g/mol. The lowest BCUT2D eigenvalue weighted by atomic mass is 10.2. The van der Waals surface area contributed by atoms with E-state index in [0.717, 1.165) is 21.9 Å². The van der Waals surface area contributed by atoms with Crippen LogP contribution in [0.2, 0.25) is 0 Å². The number of hydrogen-bond donors (Lipinski definition) is 1. The minimum absolute atomic E-state index is 0. The Kier molecular flexibility index (Phi) is 11.4. The molecule has 2 heterocycles. The average molecular weight is 491 g/mol. The number of aryl methyl sites for hydroxylation is 2. The molecule has 0 amide bonds. The zero-order valence-corrected chi connectivity index (χ0v) is 20.3. The van der Waals surface area contributed by atoms with E-state index in [1.807, 2.05) is 0 Å². The fourth-order valence-electron chi connectivity index (χ4n) is 3.09. The molecule has 0 saturated carbocycles. The number of nitrogens with two attached hydrogens (primary N) is 1. The predicted octanol–water partition coefficient (Wildman–Crippen LogP) is 4.32. The number of benzene rings is 1. The van der Waals surface area contributed by atoms with Crippen molar-refractivity contribution in [3.8, 4) is 5.75 Å². The first-order valence-electron chi connectivity index (χ1n) is 9.63. The van der Waals surface area contributed by atoms with E-state index in [0.29, 0.717) is 39.3 Å². The zero-order chi connectivity index (χ0) is 20.8. The van der Waals surface area contributed by atoms with Crippen LogP contribution in [0.3, 0.4) is 0 Å². The van der Waals surface area contributed by atoms with Crippen LogP contribution in [0.15, 0.2) is 24.3 Å². The fraction of sp³-hybridized carbons (Fsp3) is 0.429. The number of rotatable bonds is 10. The molecule has 0 bridgehead atoms. The molecule has 3 rings (SSSR count). The number of anilines is 1. The SMILES string of the molecule is COCCN(CCOc1ccccc1F)c1nc(CCN)nc2sc(C)c(C)c12.Cl.Cl. The van der Waals surface area contributed by atoms with Crippen molar-refractivity contribution in [2.45, 2.75) is 20.3 Å². The van der Waals surface area contributed by atoms with Crippen molar-refractivity contribution in [2.75, 3.05) is 44.9 Å². The number of ether oxygens (including phenoxy) is 2. The fourth-order valence-corrected chi connectivity index (χ4v) is 4.14. The molecule has 1 aromatic carbocycles. The van der Waals surface area contributed by atoms with E-state index in [2.05, 4.69) is 18.7 Å². The maximum Gasteiger partial charge on any atom is 0.165 e. The van der Waals surface area contributed by atoms with Crippen LogP contribution >= 0.6 is 36.2 Å². The largest absolute Gasteiger partial charge is 0.489 e. The highest BCUT2D eigenvalue weighted by Crippen LogP contribution is 2.35. The van der Waals surface area contributed by atoms with Gasteiger partial charge in [0.25, 0.3) is 0 Å². The van der Waals surface area contributed by atoms with Crippen molar-refractivity contribution in [1.82, 2.24) is 9.97 Å². The molecule has 10 heteroatoms. The number of methoxy groups -OCH3 is 1. The van der Waals surface area contributed by atoms with Gasteiger partial charge in [0.1, 0.15) is 23.1 Å². The number of thiophene rings is 1. The average Bonchev–Trinajstić information content (AvgIpc) is 2.99. The van der Waals surface area contributed by atoms with Crippen LogP contribution in [-0.2, 0) is 11.2 Å². The summed E-state index contributed by atoms with van der Waals surface area (Å²) in [4.78, 5) is 13.8. The molecule has 0 aliphatic rings. The molecule has 0 aliphatic carbocycles. The summed E-state index contributed by atoms with van der Waals surface area (Å²) >= 11 is 1.67. The second-order valence-corrected chi connectivity index (χ2v) is 7.93. The van der Waals surface area contributed by atoms with Crippen LogP contribution in [0.5, 0.6) is 5.75 Å². The molecular formula is C21H29Cl2FN4O2S. The van der Waals surface area contributed by atoms with Crippen molar-refractivity contribution >= 4 is 52.2 Å². The van der Waals surface area contributed by atoms with E-state index in [9.17, 15) is 4.39 Å². The van der Waals surface area contributed by atoms with Crippen LogP contribution < -0.4 is 15.4 Å². The van der Waals surface area contributed by atoms with E-state index in [-0.39, 0.29) is 36.4 Å². The highest BCUT2D eigenvalue weighted by Gasteiger charge is 2.19. The normalized spacial score (nSPS) is 10.5. The van der Waals surface area contributed by atoms with Crippen molar-refractivity contribution in [1.29, 1.82) is 0 Å². The van der Waals surface area contributed by atoms with Gasteiger partial charge in [-0.2, -0.15) is 0 Å². The molecule has 31 heavy (non-hydrogen) atoms. The third-order valence-corrected chi connectivity index (χ3v) is 5.85. The Labute approximate surface area is 198 Å². The quantitative estimate of drug-likeness (QED) is 0.455. The van der Waals surface area contributed by atoms with Crippen molar-refractivity contribution in [3.05, 3.63) is 46.3 Å². The molecule has 0 saturated heterocycles. The molecule has 0 spiro atoms. The maximum absolute atomic E-state index is 13.9. The maximum atomic E-state index is 13.9. The van der Waals surface area contributed by atoms with Crippen LogP contribution in [0.1, 0.15) is 16.3 Å². The van der Waals surface area contributed by atoms with Gasteiger partial charge in [-0.3, -0.25) is 0 Å². The third-order valence-electron chi connectivity index (χ3n) is 4.74. The minimum Gasteiger partial charge on any atom is -0.489 e. The van der Waals surface area contributed by atoms with E-state index in [1.165, 1.54) is 16.5 Å². The number of hydrogen-bond acceptors (Lipinski definition) is 7. The lowest BCUT2D eigenvalue weighted by molar-refractivity contribution is 0.203. The summed E-state index contributed by atoms with van der Waals surface area (Å²) in [6.45, 7) is 6.72. The Bertz CT molecular complexity index is 974. The molecule has 0 fully saturated rings. The summed E-state index contributed by atoms with van der Waals surface area (Å²) in [6.07, 6.45) is 0.614. The number of nitrogens with zero attached hydrogens (tertiary/aromatic N) is 3. The number of halogens is 3. The van der Waals surface area contributed by atoms with Gasteiger partial charge in [0.2, 0.25) is 0 Å². The van der Waals surface area contributed by atoms with Gasteiger partial charge in [-0.15, -0.1) is 36.2 Å². The molecule has 2 N–H and O–H groups in total. The van der Waals surface area contributed by atoms with Crippen molar-refractivity contribution in [3.63, 3.8) is 0 Å². The first kappa shape index (κ1) is 27.3. The monoisotopic (exact) mass is 490 g/mol. The topological polar surface area (TPSA) is 73.5 Å². The summed E-state index contributed by atoms with van der Waals surface area (Å²) in [5.41, 5.74) is 6.92. The Morgan fingerprint density at radius 3 is 2.48 bits per heavy atom. The summed E-state index contributed by atoms with van der Waals surface area (Å²) in [7, 11) is 1.67. The Morgan fingerprint density at radius 2 is 1.81 bits per heavy atom. The standard InChI is InChI=1S/C21H27FN4O2S.2ClH/c1-14-15(2)29-21-19(14)20(24-18(25-21)8-9-23)26(10-12-27-3)11-13-28-17-7-5-4-6-16(17)22;;/h4-7H,8-13,23H2,1-3H3;2*1H. The molecule has 0 aliphatic heterocycles. The number of para-hydroxylation sites is 1. The first-order chi connectivity index (χ1) is 14.0. The summed E-state index contributed by atoms with van der Waals surface area (Å²) in [5.74, 6) is 1.47. The first-order valence-corrected chi connectivity index (χ1v) is 10.4. The van der Waals surface area contributed by atoms with Gasteiger partial charge >= 0.3 is 0 Å². The van der Waals surface area contributed by atoms with Gasteiger partial charge in [-0.25, -0.2) is 14.4 Å². The second-order valence-electron chi connectivity index (χ2n) is 6.72. The van der Waals surface area contributed by atoms with Gasteiger partial charge in [-0.05, 0) is 38.1 Å². The molecule has 3 aromatic rings. The Balaban J connectivity index is 0.00000240. The second kappa shape index (κ2) is 13.0. The minimum atomic E-state index is -0.366. The zero-order valence-electron chi connectivity index (χ0n) is 17.9. The number of aromatic nitrogens is 2. The van der Waals surface area contributed by atoms with E-state index in [1.54, 1.807) is 36.6 Å². The van der Waals surface area contributed by atoms with Crippen molar-refractivity contribution in [2.24, 2.45) is 5.73 Å². The van der Waals surface area contributed by atoms with E-state index < -0.39 is 0 Å². The molecule has 0 radical (unpaired) electrons. The van der Waals surface area contributed by atoms with Gasteiger partial charge in [-0.1, -0.05) is 12.1 Å². The van der Waals surface area contributed by atoms with Crippen LogP contribution in [-0.4, -0.2) is 49.9 Å². The molecule has 6 nitrogen and oxygen atoms in total. The van der Waals surface area contributed by atoms with Crippen LogP contribution in [0.25, 0.3) is 10.2 Å². The van der Waals surface area contributed by atoms with E-state index in [4.69, 9.17) is 25.2 Å². The molecule has 0 unspecified atom stereocenters. The van der Waals surface area contributed by atoms with Gasteiger partial charge < -0.3 is 20.1 Å². The van der Waals surface area contributed by atoms with Crippen LogP contribution in [0, 0.1) is 19.7 Å². The summed E-state index contributed by atoms with van der Waals surface area (Å²) < 4.78 is 24.8. The highest BCUT2D eigenvalue weighted by molar-refractivity contribution is 7.18. The number of fused-ring (bicyclic) bond motifs is 1. The Morgan fingerprint density at radius 1 is 1.10 bits per heavy atom. The van der Waals surface area contributed by atoms with Gasteiger partial charge in [0.05, 0.1) is 18.5 Å². The highest BCUT2D eigenvalue weighted by atomic mass is 35.5. The smallest absolute Gasteiger partial charge is 0.165 e. The molecule has 0 atom stereocenters. The Hall–Kier alpha value is -1.71. The van der Waals surface area contributed by atoms with Gasteiger partial charge in [0.15, 0.2) is 11.6 Å². The van der Waals surface area contributed by atoms with Gasteiger partial charge in [0, 0.05) is 25.0 Å². The van der Waals surface area contributed by atoms with E-state index >= 15 is 0 Å². The molecule has 2 aromatic heterocycles. The molecule has 172 valence electrons. The predicted molar refractivity (Wildman–Crippen MR) is 130 cm³/mol. The third kappa shape index (κ3) is 6.63. The van der Waals surface area contributed by atoms with Crippen LogP contribution in [0.4, 0.5) is 10.2 Å².